The highest BCUT2D eigenvalue weighted by molar-refractivity contribution is 8.07. The zero-order valence-electron chi connectivity index (χ0n) is 27.4. The maximum Gasteiger partial charge on any atom is 0.356 e. The number of amides is 1. The van der Waals surface area contributed by atoms with Crippen LogP contribution in [-0.4, -0.2) is 86.7 Å². The number of ether oxygens (including phenoxy) is 3. The van der Waals surface area contributed by atoms with Gasteiger partial charge in [-0.3, -0.25) is 9.36 Å². The number of rotatable bonds is 14. The molecule has 18 heteroatoms. The number of aliphatic hydroxyl groups is 1. The quantitative estimate of drug-likeness (QED) is 0.0807. The fraction of sp³-hybridized carbons (Fsp3) is 0.364. The van der Waals surface area contributed by atoms with Crippen molar-refractivity contribution in [2.24, 2.45) is 0 Å². The van der Waals surface area contributed by atoms with Crippen LogP contribution in [0.25, 0.3) is 11.2 Å². The number of anilines is 1. The standard InChI is InChI=1S/C33H34N7O9PS/c1-20-13-24(22-9-11-35-23(14-22)33(43)44-2)47-27(20)17-46-50(51,45-12-6-10-34)49-25-15-28(48-26(25)16-41)40-19-38-29-30(36-18-37-31(29)40)39-32(42)21-7-4-3-5-8-21/h3-5,7-9,11,14,18-19,24-28,41H,1,6,12-13,15-17H2,2H3,(H,36,37,39,42)/t24-,25+,26-,27-,28-,50?/m1/s1. The molecule has 2 aliphatic rings. The van der Waals surface area contributed by atoms with Gasteiger partial charge in [-0.25, -0.2) is 24.7 Å². The minimum Gasteiger partial charge on any atom is -0.464 e. The third kappa shape index (κ3) is 8.36. The predicted molar refractivity (Wildman–Crippen MR) is 184 cm³/mol. The number of pyridine rings is 1. The zero-order chi connectivity index (χ0) is 36.0. The van der Waals surface area contributed by atoms with Crippen molar-refractivity contribution in [1.29, 1.82) is 5.26 Å². The summed E-state index contributed by atoms with van der Waals surface area (Å²) in [5.74, 6) is -0.699. The van der Waals surface area contributed by atoms with Crippen LogP contribution in [0.5, 0.6) is 0 Å². The van der Waals surface area contributed by atoms with Crippen molar-refractivity contribution in [3.05, 3.63) is 90.3 Å². The molecule has 1 amide bonds. The number of nitrogens with one attached hydrogen (secondary N) is 1. The van der Waals surface area contributed by atoms with Crippen molar-refractivity contribution < 1.29 is 42.5 Å². The number of fused-ring (bicyclic) bond motifs is 1. The summed E-state index contributed by atoms with van der Waals surface area (Å²) < 4.78 is 37.1. The summed E-state index contributed by atoms with van der Waals surface area (Å²) in [5, 5.41) is 22.2. The summed E-state index contributed by atoms with van der Waals surface area (Å²) in [5.41, 5.74) is 2.79. The van der Waals surface area contributed by atoms with Gasteiger partial charge in [0.25, 0.3) is 5.91 Å². The Balaban J connectivity index is 1.14. The highest BCUT2D eigenvalue weighted by Crippen LogP contribution is 2.54. The lowest BCUT2D eigenvalue weighted by Gasteiger charge is -2.27. The van der Waals surface area contributed by atoms with Crippen LogP contribution in [-0.2, 0) is 39.6 Å². The summed E-state index contributed by atoms with van der Waals surface area (Å²) in [6.07, 6.45) is 1.73. The molecule has 2 saturated heterocycles. The Morgan fingerprint density at radius 2 is 2.00 bits per heavy atom. The minimum atomic E-state index is -3.55. The molecule has 1 aromatic carbocycles. The predicted octanol–water partition coefficient (Wildman–Crippen LogP) is 4.18. The first-order chi connectivity index (χ1) is 24.7. The number of carbonyl (C=O) groups excluding carboxylic acids is 2. The number of hydrogen-bond acceptors (Lipinski definition) is 15. The van der Waals surface area contributed by atoms with E-state index in [1.165, 1.54) is 26.0 Å². The van der Waals surface area contributed by atoms with Gasteiger partial charge in [0, 0.05) is 24.6 Å². The molecular weight excluding hydrogens is 701 g/mol. The maximum atomic E-state index is 12.8. The molecule has 6 atom stereocenters. The summed E-state index contributed by atoms with van der Waals surface area (Å²) in [7, 11) is 1.28. The van der Waals surface area contributed by atoms with Crippen LogP contribution in [0.3, 0.4) is 0 Å². The Hall–Kier alpha value is -4.50. The van der Waals surface area contributed by atoms with Gasteiger partial charge < -0.3 is 38.2 Å². The van der Waals surface area contributed by atoms with Crippen LogP contribution in [0.4, 0.5) is 5.82 Å². The number of aliphatic hydroxyl groups excluding tert-OH is 1. The maximum absolute atomic E-state index is 12.8. The lowest BCUT2D eigenvalue weighted by molar-refractivity contribution is -0.0437. The van der Waals surface area contributed by atoms with E-state index in [1.807, 2.05) is 12.1 Å². The summed E-state index contributed by atoms with van der Waals surface area (Å²) in [4.78, 5) is 41.8. The van der Waals surface area contributed by atoms with Crippen molar-refractivity contribution in [3.63, 3.8) is 0 Å². The first-order valence-electron chi connectivity index (χ1n) is 15.8. The second-order valence-electron chi connectivity index (χ2n) is 11.5. The van der Waals surface area contributed by atoms with Gasteiger partial charge in [-0.2, -0.15) is 5.26 Å². The third-order valence-electron chi connectivity index (χ3n) is 8.19. The Bertz CT molecular complexity index is 1990. The molecule has 0 aliphatic carbocycles. The Kier molecular flexibility index (Phi) is 11.6. The number of hydrogen-bond donors (Lipinski definition) is 2. The molecule has 51 heavy (non-hydrogen) atoms. The lowest BCUT2D eigenvalue weighted by Crippen LogP contribution is -2.28. The highest BCUT2D eigenvalue weighted by Gasteiger charge is 2.42. The normalized spacial score (nSPS) is 22.8. The van der Waals surface area contributed by atoms with Crippen LogP contribution >= 0.6 is 6.72 Å². The number of nitrogens with zero attached hydrogens (tertiary/aromatic N) is 6. The molecule has 5 heterocycles. The van der Waals surface area contributed by atoms with E-state index < -0.39 is 49.9 Å². The van der Waals surface area contributed by atoms with Crippen LogP contribution in [0.2, 0.25) is 0 Å². The molecule has 4 aromatic rings. The SMILES string of the molecule is C=C1C[C@H](c2ccnc(C(=O)OC)c2)O[C@@H]1COP(=S)(OCCC#N)O[C@H]1C[C@H](n2cnc3c(NC(=O)c4ccccc4)ncnc32)O[C@@H]1CO. The van der Waals surface area contributed by atoms with Gasteiger partial charge in [-0.1, -0.05) is 24.8 Å². The van der Waals surface area contributed by atoms with E-state index in [2.05, 4.69) is 31.8 Å². The minimum absolute atomic E-state index is 0.0431. The first-order valence-corrected chi connectivity index (χ1v) is 18.4. The van der Waals surface area contributed by atoms with E-state index in [0.717, 1.165) is 11.1 Å². The number of methoxy groups -OCH3 is 1. The van der Waals surface area contributed by atoms with Crippen LogP contribution in [0.15, 0.2) is 73.5 Å². The molecule has 0 saturated carbocycles. The zero-order valence-corrected chi connectivity index (χ0v) is 29.1. The van der Waals surface area contributed by atoms with Crippen molar-refractivity contribution in [2.75, 3.05) is 32.2 Å². The first kappa shape index (κ1) is 36.3. The molecule has 0 spiro atoms. The summed E-state index contributed by atoms with van der Waals surface area (Å²) in [6.45, 7) is 0.0797. The van der Waals surface area contributed by atoms with Gasteiger partial charge >= 0.3 is 12.7 Å². The molecule has 2 N–H and O–H groups in total. The molecule has 6 rings (SSSR count). The van der Waals surface area contributed by atoms with Crippen molar-refractivity contribution in [2.45, 2.75) is 49.9 Å². The Morgan fingerprint density at radius 1 is 1.18 bits per heavy atom. The van der Waals surface area contributed by atoms with Gasteiger partial charge in [-0.15, -0.1) is 0 Å². The average molecular weight is 736 g/mol. The Morgan fingerprint density at radius 3 is 2.76 bits per heavy atom. The number of aromatic nitrogens is 5. The fourth-order valence-electron chi connectivity index (χ4n) is 5.62. The second kappa shape index (κ2) is 16.2. The van der Waals surface area contributed by atoms with E-state index in [1.54, 1.807) is 41.0 Å². The Labute approximate surface area is 297 Å². The van der Waals surface area contributed by atoms with E-state index in [9.17, 15) is 14.7 Å². The molecule has 16 nitrogen and oxygen atoms in total. The van der Waals surface area contributed by atoms with Gasteiger partial charge in [-0.05, 0) is 47.2 Å². The summed E-state index contributed by atoms with van der Waals surface area (Å²) in [6, 6.07) is 14.1. The highest BCUT2D eigenvalue weighted by atomic mass is 32.5. The number of esters is 1. The average Bonchev–Trinajstić information content (AvgIpc) is 3.87. The van der Waals surface area contributed by atoms with Gasteiger partial charge in [0.05, 0.1) is 58.0 Å². The van der Waals surface area contributed by atoms with Crippen molar-refractivity contribution >= 4 is 47.4 Å². The lowest BCUT2D eigenvalue weighted by atomic mass is 10.0. The molecule has 266 valence electrons. The van der Waals surface area contributed by atoms with E-state index in [0.29, 0.717) is 23.1 Å². The smallest absolute Gasteiger partial charge is 0.356 e. The number of nitriles is 1. The monoisotopic (exact) mass is 735 g/mol. The topological polar surface area (TPSA) is 202 Å². The summed E-state index contributed by atoms with van der Waals surface area (Å²) >= 11 is 5.79. The molecule has 2 aliphatic heterocycles. The number of imidazole rings is 1. The van der Waals surface area contributed by atoms with Crippen molar-refractivity contribution in [3.8, 4) is 6.07 Å². The fourth-order valence-corrected chi connectivity index (χ4v) is 7.75. The number of benzene rings is 1. The van der Waals surface area contributed by atoms with Gasteiger partial charge in [0.1, 0.15) is 30.5 Å². The van der Waals surface area contributed by atoms with Gasteiger partial charge in [0.2, 0.25) is 0 Å². The molecule has 3 aromatic heterocycles. The van der Waals surface area contributed by atoms with E-state index in [-0.39, 0.29) is 43.5 Å². The van der Waals surface area contributed by atoms with Crippen LogP contribution in [0.1, 0.15) is 58.0 Å². The molecule has 0 bridgehead atoms. The van der Waals surface area contributed by atoms with Crippen LogP contribution in [0, 0.1) is 11.3 Å². The van der Waals surface area contributed by atoms with Gasteiger partial charge in [0.15, 0.2) is 17.0 Å². The molecular formula is C33H34N7O9PS. The molecule has 2 fully saturated rings. The van der Waals surface area contributed by atoms with E-state index in [4.69, 9.17) is 44.9 Å². The molecule has 0 radical (unpaired) electrons. The largest absolute Gasteiger partial charge is 0.464 e. The van der Waals surface area contributed by atoms with Crippen LogP contribution < -0.4 is 5.32 Å². The van der Waals surface area contributed by atoms with E-state index >= 15 is 0 Å². The second-order valence-corrected chi connectivity index (χ2v) is 14.4. The molecule has 1 unspecified atom stereocenters. The van der Waals surface area contributed by atoms with Crippen molar-refractivity contribution in [1.82, 2.24) is 24.5 Å². The number of carbonyl (C=O) groups is 2. The third-order valence-corrected chi connectivity index (χ3v) is 10.6.